The summed E-state index contributed by atoms with van der Waals surface area (Å²) < 4.78 is 11.7. The molecule has 1 saturated heterocycles. The van der Waals surface area contributed by atoms with E-state index in [-0.39, 0.29) is 23.7 Å². The Kier molecular flexibility index (Phi) is 7.12. The maximum atomic E-state index is 13.2. The third-order valence-electron chi connectivity index (χ3n) is 8.59. The molecule has 1 amide bonds. The number of aliphatic hydroxyl groups is 1. The molecule has 2 fully saturated rings. The first kappa shape index (κ1) is 26.5. The van der Waals surface area contributed by atoms with Crippen LogP contribution < -0.4 is 10.4 Å². The van der Waals surface area contributed by atoms with Crippen molar-refractivity contribution < 1.29 is 19.1 Å². The van der Waals surface area contributed by atoms with Crippen molar-refractivity contribution in [3.8, 4) is 5.75 Å². The Morgan fingerprint density at radius 3 is 2.63 bits per heavy atom. The van der Waals surface area contributed by atoms with Crippen molar-refractivity contribution in [2.75, 3.05) is 13.1 Å². The minimum absolute atomic E-state index is 0.0120. The molecule has 0 spiro atoms. The van der Waals surface area contributed by atoms with Gasteiger partial charge in [-0.1, -0.05) is 57.9 Å². The zero-order valence-corrected chi connectivity index (χ0v) is 23.0. The molecule has 2 atom stereocenters. The number of carbonyl (C=O) groups excluding carboxylic acids is 1. The van der Waals surface area contributed by atoms with Crippen molar-refractivity contribution >= 4 is 16.9 Å². The number of carbonyl (C=O) groups is 1. The van der Waals surface area contributed by atoms with Crippen LogP contribution in [0.1, 0.15) is 75.1 Å². The Bertz CT molecular complexity index is 1380. The molecule has 3 aromatic rings. The number of amides is 1. The largest absolute Gasteiger partial charge is 0.489 e. The van der Waals surface area contributed by atoms with Crippen LogP contribution >= 0.6 is 0 Å². The van der Waals surface area contributed by atoms with Gasteiger partial charge >= 0.3 is 5.63 Å². The maximum absolute atomic E-state index is 13.2. The third kappa shape index (κ3) is 5.37. The Morgan fingerprint density at radius 1 is 1.13 bits per heavy atom. The number of benzene rings is 2. The average Bonchev–Trinajstić information content (AvgIpc) is 2.88. The van der Waals surface area contributed by atoms with Crippen molar-refractivity contribution in [2.45, 2.75) is 83.8 Å². The molecule has 0 unspecified atom stereocenters. The van der Waals surface area contributed by atoms with Crippen LogP contribution in [0.4, 0.5) is 0 Å². The van der Waals surface area contributed by atoms with E-state index in [4.69, 9.17) is 9.15 Å². The summed E-state index contributed by atoms with van der Waals surface area (Å²) in [5.41, 5.74) is 2.94. The SMILES string of the molecule is Cc1c(CC(=O)N2CC[C@]3(O)CCCC[C@H]3C2)c(=O)oc2cc(OCc3ccc(C(C)(C)C)cc3)ccc12. The standard InChI is InChI=1S/C32H39NO5/c1-21-26-13-12-25(37-20-22-8-10-23(11-9-22)31(2,3)4)17-28(26)38-30(35)27(21)18-29(34)33-16-15-32(36)14-6-5-7-24(32)19-33/h8-13,17,24,36H,5-7,14-16,18-20H2,1-4H3/t24-,32+/m0/s1. The number of piperidine rings is 1. The maximum Gasteiger partial charge on any atom is 0.340 e. The lowest BCUT2D eigenvalue weighted by molar-refractivity contribution is -0.142. The van der Waals surface area contributed by atoms with Crippen LogP contribution in [0.2, 0.25) is 0 Å². The van der Waals surface area contributed by atoms with Crippen LogP contribution in [0.15, 0.2) is 51.7 Å². The van der Waals surface area contributed by atoms with Crippen LogP contribution in [0.25, 0.3) is 11.0 Å². The Balaban J connectivity index is 1.28. The fourth-order valence-corrected chi connectivity index (χ4v) is 6.00. The second-order valence-electron chi connectivity index (χ2n) is 12.2. The summed E-state index contributed by atoms with van der Waals surface area (Å²) in [7, 11) is 0. The van der Waals surface area contributed by atoms with Gasteiger partial charge in [-0.15, -0.1) is 0 Å². The quantitative estimate of drug-likeness (QED) is 0.441. The molecule has 2 aromatic carbocycles. The minimum atomic E-state index is -0.636. The number of aryl methyl sites for hydroxylation is 1. The molecule has 1 saturated carbocycles. The Labute approximate surface area is 224 Å². The zero-order valence-electron chi connectivity index (χ0n) is 23.0. The molecule has 6 nitrogen and oxygen atoms in total. The van der Waals surface area contributed by atoms with Gasteiger partial charge < -0.3 is 19.2 Å². The van der Waals surface area contributed by atoms with Crippen LogP contribution in [-0.2, 0) is 23.2 Å². The molecule has 2 heterocycles. The fraction of sp³-hybridized carbons (Fsp3) is 0.500. The number of rotatable bonds is 5. The van der Waals surface area contributed by atoms with Crippen molar-refractivity contribution in [1.82, 2.24) is 4.90 Å². The number of fused-ring (bicyclic) bond motifs is 2. The van der Waals surface area contributed by atoms with Gasteiger partial charge in [-0.2, -0.15) is 0 Å². The molecule has 38 heavy (non-hydrogen) atoms. The van der Waals surface area contributed by atoms with Gasteiger partial charge in [-0.05, 0) is 60.4 Å². The van der Waals surface area contributed by atoms with Gasteiger partial charge in [0.05, 0.1) is 17.6 Å². The van der Waals surface area contributed by atoms with Gasteiger partial charge in [-0.25, -0.2) is 4.79 Å². The molecule has 0 radical (unpaired) electrons. The molecule has 1 aromatic heterocycles. The summed E-state index contributed by atoms with van der Waals surface area (Å²) in [6.45, 7) is 9.95. The molecule has 1 N–H and O–H groups in total. The number of nitrogens with zero attached hydrogens (tertiary/aromatic N) is 1. The highest BCUT2D eigenvalue weighted by Crippen LogP contribution is 2.40. The Hall–Kier alpha value is -3.12. The van der Waals surface area contributed by atoms with E-state index >= 15 is 0 Å². The molecule has 202 valence electrons. The highest BCUT2D eigenvalue weighted by atomic mass is 16.5. The summed E-state index contributed by atoms with van der Waals surface area (Å²) in [4.78, 5) is 27.9. The summed E-state index contributed by atoms with van der Waals surface area (Å²) in [6.07, 6.45) is 4.54. The van der Waals surface area contributed by atoms with Crippen molar-refractivity contribution in [2.24, 2.45) is 5.92 Å². The van der Waals surface area contributed by atoms with Gasteiger partial charge in [0.25, 0.3) is 0 Å². The van der Waals surface area contributed by atoms with Crippen molar-refractivity contribution in [3.63, 3.8) is 0 Å². The lowest BCUT2D eigenvalue weighted by Gasteiger charge is -2.47. The first-order chi connectivity index (χ1) is 18.0. The molecule has 0 bridgehead atoms. The normalized spacial score (nSPS) is 21.8. The number of hydrogen-bond donors (Lipinski definition) is 1. The monoisotopic (exact) mass is 517 g/mol. The molecular weight excluding hydrogens is 478 g/mol. The van der Waals surface area contributed by atoms with Crippen LogP contribution in [0.3, 0.4) is 0 Å². The third-order valence-corrected chi connectivity index (χ3v) is 8.59. The van der Waals surface area contributed by atoms with E-state index in [1.807, 2.05) is 24.0 Å². The minimum Gasteiger partial charge on any atom is -0.489 e. The molecule has 5 rings (SSSR count). The first-order valence-electron chi connectivity index (χ1n) is 13.8. The first-order valence-corrected chi connectivity index (χ1v) is 13.8. The van der Waals surface area contributed by atoms with E-state index in [0.29, 0.717) is 43.0 Å². The second-order valence-corrected chi connectivity index (χ2v) is 12.2. The predicted octanol–water partition coefficient (Wildman–Crippen LogP) is 5.67. The molecule has 1 aliphatic heterocycles. The van der Waals surface area contributed by atoms with Gasteiger partial charge in [0, 0.05) is 30.5 Å². The highest BCUT2D eigenvalue weighted by molar-refractivity contribution is 5.85. The second kappa shape index (κ2) is 10.2. The molecule has 6 heteroatoms. The van der Waals surface area contributed by atoms with Crippen LogP contribution in [0, 0.1) is 12.8 Å². The van der Waals surface area contributed by atoms with E-state index in [2.05, 4.69) is 45.0 Å². The summed E-state index contributed by atoms with van der Waals surface area (Å²) in [6, 6.07) is 13.9. The lowest BCUT2D eigenvalue weighted by atomic mass is 9.71. The number of likely N-dealkylation sites (tertiary alicyclic amines) is 1. The molecular formula is C32H39NO5. The highest BCUT2D eigenvalue weighted by Gasteiger charge is 2.43. The molecule has 1 aliphatic carbocycles. The van der Waals surface area contributed by atoms with E-state index < -0.39 is 11.2 Å². The fourth-order valence-electron chi connectivity index (χ4n) is 6.00. The summed E-state index contributed by atoms with van der Waals surface area (Å²) in [5.74, 6) is 0.666. The van der Waals surface area contributed by atoms with Gasteiger partial charge in [0.15, 0.2) is 0 Å². The van der Waals surface area contributed by atoms with Gasteiger partial charge in [0.1, 0.15) is 17.9 Å². The number of hydrogen-bond acceptors (Lipinski definition) is 5. The van der Waals surface area contributed by atoms with Crippen molar-refractivity contribution in [3.05, 3.63) is 75.1 Å². The summed E-state index contributed by atoms with van der Waals surface area (Å²) in [5, 5.41) is 11.7. The lowest BCUT2D eigenvalue weighted by Crippen LogP contribution is -2.55. The topological polar surface area (TPSA) is 80.0 Å². The van der Waals surface area contributed by atoms with E-state index in [1.54, 1.807) is 6.07 Å². The van der Waals surface area contributed by atoms with Crippen LogP contribution in [0.5, 0.6) is 5.75 Å². The van der Waals surface area contributed by atoms with Crippen LogP contribution in [-0.4, -0.2) is 34.6 Å². The molecule has 2 aliphatic rings. The summed E-state index contributed by atoms with van der Waals surface area (Å²) >= 11 is 0. The van der Waals surface area contributed by atoms with Crippen molar-refractivity contribution in [1.29, 1.82) is 0 Å². The zero-order chi connectivity index (χ0) is 27.1. The predicted molar refractivity (Wildman–Crippen MR) is 149 cm³/mol. The number of ether oxygens (including phenoxy) is 1. The smallest absolute Gasteiger partial charge is 0.340 e. The van der Waals surface area contributed by atoms with Gasteiger partial charge in [0.2, 0.25) is 5.91 Å². The van der Waals surface area contributed by atoms with E-state index in [0.717, 1.165) is 42.2 Å². The Morgan fingerprint density at radius 2 is 1.89 bits per heavy atom. The van der Waals surface area contributed by atoms with E-state index in [1.165, 1.54) is 5.56 Å². The average molecular weight is 518 g/mol. The van der Waals surface area contributed by atoms with Gasteiger partial charge in [-0.3, -0.25) is 4.79 Å². The van der Waals surface area contributed by atoms with E-state index in [9.17, 15) is 14.7 Å².